The highest BCUT2D eigenvalue weighted by atomic mass is 35.5. The van der Waals surface area contributed by atoms with Gasteiger partial charge in [0, 0.05) is 52.0 Å². The van der Waals surface area contributed by atoms with Crippen molar-refractivity contribution in [3.63, 3.8) is 0 Å². The summed E-state index contributed by atoms with van der Waals surface area (Å²) in [4.78, 5) is 29.7. The molecule has 1 N–H and O–H groups in total. The van der Waals surface area contributed by atoms with E-state index in [1.165, 1.54) is 4.90 Å². The van der Waals surface area contributed by atoms with Crippen LogP contribution in [0.1, 0.15) is 31.1 Å². The summed E-state index contributed by atoms with van der Waals surface area (Å²) in [6.45, 7) is 8.91. The molecule has 2 fully saturated rings. The van der Waals surface area contributed by atoms with Gasteiger partial charge in [-0.1, -0.05) is 11.6 Å². The van der Waals surface area contributed by atoms with Crippen molar-refractivity contribution in [2.45, 2.75) is 38.5 Å². The maximum atomic E-state index is 12.1. The van der Waals surface area contributed by atoms with Crippen molar-refractivity contribution in [1.82, 2.24) is 14.7 Å². The Morgan fingerprint density at radius 3 is 2.36 bits per heavy atom. The molecule has 0 saturated carbocycles. The summed E-state index contributed by atoms with van der Waals surface area (Å²) < 4.78 is 5.39. The molecule has 0 atom stereocenters. The Labute approximate surface area is 171 Å². The van der Waals surface area contributed by atoms with E-state index in [2.05, 4.69) is 10.2 Å². The lowest BCUT2D eigenvalue weighted by Crippen LogP contribution is -2.69. The van der Waals surface area contributed by atoms with Crippen molar-refractivity contribution in [3.8, 4) is 0 Å². The second-order valence-electron chi connectivity index (χ2n) is 8.73. The molecule has 1 aromatic carbocycles. The molecule has 0 radical (unpaired) electrons. The lowest BCUT2D eigenvalue weighted by Gasteiger charge is -2.51. The van der Waals surface area contributed by atoms with Crippen molar-refractivity contribution in [1.29, 1.82) is 0 Å². The molecule has 0 unspecified atom stereocenters. The minimum atomic E-state index is -0.456. The number of anilines is 1. The predicted molar refractivity (Wildman–Crippen MR) is 110 cm³/mol. The number of rotatable bonds is 4. The first kappa shape index (κ1) is 20.7. The number of benzene rings is 1. The third-order valence-corrected chi connectivity index (χ3v) is 5.23. The van der Waals surface area contributed by atoms with Gasteiger partial charge in [-0.25, -0.2) is 4.79 Å². The Hall–Kier alpha value is -1.99. The first-order valence-electron chi connectivity index (χ1n) is 9.53. The number of amides is 2. The number of ether oxygens (including phenoxy) is 1. The van der Waals surface area contributed by atoms with Gasteiger partial charge >= 0.3 is 6.09 Å². The van der Waals surface area contributed by atoms with Crippen molar-refractivity contribution in [3.05, 3.63) is 28.8 Å². The van der Waals surface area contributed by atoms with Gasteiger partial charge in [0.15, 0.2) is 0 Å². The number of likely N-dealkylation sites (tertiary alicyclic amines) is 2. The van der Waals surface area contributed by atoms with Crippen molar-refractivity contribution < 1.29 is 14.3 Å². The highest BCUT2D eigenvalue weighted by Gasteiger charge is 2.41. The van der Waals surface area contributed by atoms with Gasteiger partial charge in [0.2, 0.25) is 0 Å². The summed E-state index contributed by atoms with van der Waals surface area (Å²) in [7, 11) is 3.41. The van der Waals surface area contributed by atoms with E-state index in [-0.39, 0.29) is 12.0 Å². The maximum Gasteiger partial charge on any atom is 0.410 e. The van der Waals surface area contributed by atoms with E-state index < -0.39 is 5.60 Å². The average molecular weight is 409 g/mol. The molecule has 2 aliphatic heterocycles. The molecule has 0 spiro atoms. The molecule has 2 heterocycles. The van der Waals surface area contributed by atoms with E-state index >= 15 is 0 Å². The first-order chi connectivity index (χ1) is 13.0. The molecule has 1 aromatic rings. The monoisotopic (exact) mass is 408 g/mol. The Bertz CT molecular complexity index is 750. The number of hydrogen-bond donors (Lipinski definition) is 1. The average Bonchev–Trinajstić information content (AvgIpc) is 2.48. The fourth-order valence-corrected chi connectivity index (χ4v) is 3.58. The minimum Gasteiger partial charge on any atom is -0.444 e. The second-order valence-corrected chi connectivity index (χ2v) is 9.14. The van der Waals surface area contributed by atoms with Crippen LogP contribution in [0.2, 0.25) is 5.02 Å². The Kier molecular flexibility index (Phi) is 5.77. The smallest absolute Gasteiger partial charge is 0.410 e. The first-order valence-corrected chi connectivity index (χ1v) is 9.91. The molecule has 3 rings (SSSR count). The van der Waals surface area contributed by atoms with Crippen LogP contribution in [0, 0.1) is 0 Å². The van der Waals surface area contributed by atoms with Gasteiger partial charge < -0.3 is 19.9 Å². The molecule has 2 aliphatic rings. The van der Waals surface area contributed by atoms with Crippen LogP contribution < -0.4 is 5.32 Å². The number of carbonyl (C=O) groups is 2. The third-order valence-electron chi connectivity index (χ3n) is 4.92. The molecule has 154 valence electrons. The number of halogens is 1. The topological polar surface area (TPSA) is 65.1 Å². The van der Waals surface area contributed by atoms with E-state index in [0.717, 1.165) is 31.9 Å². The van der Waals surface area contributed by atoms with E-state index in [1.807, 2.05) is 26.8 Å². The van der Waals surface area contributed by atoms with Gasteiger partial charge in [-0.15, -0.1) is 0 Å². The number of nitrogens with zero attached hydrogens (tertiary/aromatic N) is 3. The van der Waals surface area contributed by atoms with Crippen LogP contribution >= 0.6 is 11.6 Å². The van der Waals surface area contributed by atoms with E-state index in [4.69, 9.17) is 16.3 Å². The summed E-state index contributed by atoms with van der Waals surface area (Å²) in [5.74, 6) is -0.106. The molecule has 0 bridgehead atoms. The second kappa shape index (κ2) is 7.79. The fraction of sp³-hybridized carbons (Fsp3) is 0.600. The highest BCUT2D eigenvalue weighted by molar-refractivity contribution is 6.34. The van der Waals surface area contributed by atoms with Crippen molar-refractivity contribution >= 4 is 29.3 Å². The number of carbonyl (C=O) groups excluding carboxylic acids is 2. The van der Waals surface area contributed by atoms with Crippen molar-refractivity contribution in [2.75, 3.05) is 45.6 Å². The van der Waals surface area contributed by atoms with Gasteiger partial charge in [0.1, 0.15) is 5.60 Å². The van der Waals surface area contributed by atoms with Gasteiger partial charge in [0.25, 0.3) is 5.91 Å². The Morgan fingerprint density at radius 1 is 1.18 bits per heavy atom. The zero-order chi connectivity index (χ0) is 20.6. The molecule has 28 heavy (non-hydrogen) atoms. The van der Waals surface area contributed by atoms with Crippen LogP contribution in [0.3, 0.4) is 0 Å². The lowest BCUT2D eigenvalue weighted by atomic mass is 10.00. The van der Waals surface area contributed by atoms with Gasteiger partial charge in [0.05, 0.1) is 16.6 Å². The van der Waals surface area contributed by atoms with Crippen LogP contribution in [0.25, 0.3) is 0 Å². The van der Waals surface area contributed by atoms with Crippen LogP contribution in [-0.2, 0) is 4.74 Å². The molecule has 0 aromatic heterocycles. The summed E-state index contributed by atoms with van der Waals surface area (Å²) in [6, 6.07) is 6.18. The number of hydrogen-bond acceptors (Lipinski definition) is 5. The van der Waals surface area contributed by atoms with Gasteiger partial charge in [-0.05, 0) is 39.0 Å². The normalized spacial score (nSPS) is 18.3. The molecular weight excluding hydrogens is 380 g/mol. The summed E-state index contributed by atoms with van der Waals surface area (Å²) in [5, 5.41) is 3.91. The van der Waals surface area contributed by atoms with E-state index in [0.29, 0.717) is 22.7 Å². The largest absolute Gasteiger partial charge is 0.444 e. The van der Waals surface area contributed by atoms with Gasteiger partial charge in [-0.2, -0.15) is 0 Å². The van der Waals surface area contributed by atoms with E-state index in [1.54, 1.807) is 31.1 Å². The van der Waals surface area contributed by atoms with Crippen LogP contribution in [-0.4, -0.2) is 84.7 Å². The SMILES string of the molecule is CN(C)C(=O)c1ccc(NC2CN(C3CN(C(=O)OC(C)(C)C)C3)C2)cc1Cl. The molecule has 2 saturated heterocycles. The van der Waals surface area contributed by atoms with Crippen LogP contribution in [0.4, 0.5) is 10.5 Å². The summed E-state index contributed by atoms with van der Waals surface area (Å²) in [5.41, 5.74) is 0.958. The maximum absolute atomic E-state index is 12.1. The Balaban J connectivity index is 1.43. The van der Waals surface area contributed by atoms with Gasteiger partial charge in [-0.3, -0.25) is 9.69 Å². The third kappa shape index (κ3) is 4.70. The minimum absolute atomic E-state index is 0.106. The fourth-order valence-electron chi connectivity index (χ4n) is 3.32. The quantitative estimate of drug-likeness (QED) is 0.829. The molecule has 0 aliphatic carbocycles. The summed E-state index contributed by atoms with van der Waals surface area (Å²) in [6.07, 6.45) is -0.235. The molecule has 2 amide bonds. The standard InChI is InChI=1S/C20H29ClN4O3/c1-20(2,3)28-19(27)25-11-15(12-25)24-9-14(10-24)22-13-6-7-16(17(21)8-13)18(26)23(4)5/h6-8,14-15,22H,9-12H2,1-5H3. The summed E-state index contributed by atoms with van der Waals surface area (Å²) >= 11 is 6.27. The van der Waals surface area contributed by atoms with E-state index in [9.17, 15) is 9.59 Å². The zero-order valence-corrected chi connectivity index (χ0v) is 17.9. The molecule has 7 nitrogen and oxygen atoms in total. The molecular formula is C20H29ClN4O3. The van der Waals surface area contributed by atoms with Crippen LogP contribution in [0.5, 0.6) is 0 Å². The Morgan fingerprint density at radius 2 is 1.82 bits per heavy atom. The molecule has 8 heteroatoms. The lowest BCUT2D eigenvalue weighted by molar-refractivity contribution is -0.0310. The van der Waals surface area contributed by atoms with Crippen molar-refractivity contribution in [2.24, 2.45) is 0 Å². The predicted octanol–water partition coefficient (Wildman–Crippen LogP) is 2.76. The van der Waals surface area contributed by atoms with Crippen LogP contribution in [0.15, 0.2) is 18.2 Å². The highest BCUT2D eigenvalue weighted by Crippen LogP contribution is 2.27. The zero-order valence-electron chi connectivity index (χ0n) is 17.2. The number of nitrogens with one attached hydrogen (secondary N) is 1.